The molecule has 6 heteroatoms. The molecule has 0 aliphatic heterocycles. The molecule has 0 aliphatic rings. The van der Waals surface area contributed by atoms with E-state index >= 15 is 0 Å². The molecule has 21 heavy (non-hydrogen) atoms. The topological polar surface area (TPSA) is 91.3 Å². The summed E-state index contributed by atoms with van der Waals surface area (Å²) in [4.78, 5) is 2.12. The third kappa shape index (κ3) is 5.24. The maximum absolute atomic E-state index is 9.93. The molecule has 0 spiro atoms. The van der Waals surface area contributed by atoms with E-state index in [9.17, 15) is 5.11 Å². The highest BCUT2D eigenvalue weighted by atomic mass is 16.5. The number of likely N-dealkylation sites (N-methyl/N-ethyl adjacent to an activating group) is 1. The third-order valence-corrected chi connectivity index (χ3v) is 3.11. The Morgan fingerprint density at radius 3 is 2.57 bits per heavy atom. The van der Waals surface area contributed by atoms with Gasteiger partial charge < -0.3 is 20.8 Å². The van der Waals surface area contributed by atoms with Gasteiger partial charge in [0.25, 0.3) is 0 Å². The van der Waals surface area contributed by atoms with Gasteiger partial charge in [0.2, 0.25) is 0 Å². The number of oxime groups is 1. The van der Waals surface area contributed by atoms with Crippen molar-refractivity contribution in [2.75, 3.05) is 20.2 Å². The standard InChI is InChI=1S/C15H25N3O3/c1-5-18(10-15(2,3)19)9-11-6-7-13(21-4)12(8-11)14(16)17-20/h6-8,19-20H,5,9-10H2,1-4H3,(H2,16,17). The molecule has 118 valence electrons. The van der Waals surface area contributed by atoms with Gasteiger partial charge in [0.05, 0.1) is 18.3 Å². The molecule has 1 aromatic rings. The van der Waals surface area contributed by atoms with Crippen LogP contribution in [-0.2, 0) is 6.54 Å². The monoisotopic (exact) mass is 295 g/mol. The minimum absolute atomic E-state index is 0.0132. The van der Waals surface area contributed by atoms with Crippen molar-refractivity contribution in [3.05, 3.63) is 29.3 Å². The first-order valence-corrected chi connectivity index (χ1v) is 6.90. The fourth-order valence-electron chi connectivity index (χ4n) is 2.19. The molecule has 1 rings (SSSR count). The van der Waals surface area contributed by atoms with Crippen molar-refractivity contribution in [3.8, 4) is 5.75 Å². The van der Waals surface area contributed by atoms with Crippen LogP contribution in [0.15, 0.2) is 23.4 Å². The van der Waals surface area contributed by atoms with Gasteiger partial charge in [-0.2, -0.15) is 0 Å². The molecule has 0 aliphatic carbocycles. The summed E-state index contributed by atoms with van der Waals surface area (Å²) < 4.78 is 5.21. The fraction of sp³-hybridized carbons (Fsp3) is 0.533. The van der Waals surface area contributed by atoms with Crippen LogP contribution in [0, 0.1) is 0 Å². The largest absolute Gasteiger partial charge is 0.496 e. The summed E-state index contributed by atoms with van der Waals surface area (Å²) in [5, 5.41) is 21.8. The number of nitrogens with two attached hydrogens (primary N) is 1. The van der Waals surface area contributed by atoms with E-state index in [2.05, 4.69) is 10.1 Å². The lowest BCUT2D eigenvalue weighted by Crippen LogP contribution is -2.38. The zero-order valence-corrected chi connectivity index (χ0v) is 13.1. The quantitative estimate of drug-likeness (QED) is 0.306. The molecule has 0 radical (unpaired) electrons. The van der Waals surface area contributed by atoms with E-state index in [4.69, 9.17) is 15.7 Å². The Bertz CT molecular complexity index is 495. The van der Waals surface area contributed by atoms with Crippen LogP contribution in [0.25, 0.3) is 0 Å². The number of rotatable bonds is 7. The summed E-state index contributed by atoms with van der Waals surface area (Å²) in [6.07, 6.45) is 0. The van der Waals surface area contributed by atoms with Gasteiger partial charge in [-0.15, -0.1) is 0 Å². The van der Waals surface area contributed by atoms with E-state index in [0.717, 1.165) is 12.1 Å². The van der Waals surface area contributed by atoms with Gasteiger partial charge in [-0.3, -0.25) is 4.90 Å². The molecule has 0 amide bonds. The molecule has 0 saturated heterocycles. The van der Waals surface area contributed by atoms with Gasteiger partial charge in [0.1, 0.15) is 5.75 Å². The number of ether oxygens (including phenoxy) is 1. The van der Waals surface area contributed by atoms with Crippen LogP contribution in [0.4, 0.5) is 0 Å². The van der Waals surface area contributed by atoms with E-state index in [1.54, 1.807) is 19.9 Å². The molecular weight excluding hydrogens is 270 g/mol. The highest BCUT2D eigenvalue weighted by Crippen LogP contribution is 2.21. The van der Waals surface area contributed by atoms with Crippen LogP contribution in [0.2, 0.25) is 0 Å². The number of benzene rings is 1. The first kappa shape index (κ1) is 17.3. The number of aliphatic hydroxyl groups is 1. The van der Waals surface area contributed by atoms with Gasteiger partial charge in [-0.25, -0.2) is 0 Å². The van der Waals surface area contributed by atoms with Crippen molar-refractivity contribution in [1.82, 2.24) is 4.90 Å². The lowest BCUT2D eigenvalue weighted by molar-refractivity contribution is 0.0353. The lowest BCUT2D eigenvalue weighted by atomic mass is 10.1. The molecular formula is C15H25N3O3. The minimum Gasteiger partial charge on any atom is -0.496 e. The summed E-state index contributed by atoms with van der Waals surface area (Å²) >= 11 is 0. The van der Waals surface area contributed by atoms with Crippen molar-refractivity contribution in [2.24, 2.45) is 10.9 Å². The number of amidine groups is 1. The molecule has 0 fully saturated rings. The zero-order chi connectivity index (χ0) is 16.0. The lowest BCUT2D eigenvalue weighted by Gasteiger charge is -2.28. The van der Waals surface area contributed by atoms with Crippen molar-refractivity contribution in [3.63, 3.8) is 0 Å². The van der Waals surface area contributed by atoms with Crippen molar-refractivity contribution in [1.29, 1.82) is 0 Å². The average molecular weight is 295 g/mol. The molecule has 0 bridgehead atoms. The zero-order valence-electron chi connectivity index (χ0n) is 13.1. The van der Waals surface area contributed by atoms with Crippen LogP contribution < -0.4 is 10.5 Å². The number of nitrogens with zero attached hydrogens (tertiary/aromatic N) is 2. The Balaban J connectivity index is 2.98. The molecule has 0 aromatic heterocycles. The fourth-order valence-corrected chi connectivity index (χ4v) is 2.19. The Morgan fingerprint density at radius 2 is 2.10 bits per heavy atom. The molecule has 0 heterocycles. The molecule has 0 unspecified atom stereocenters. The normalized spacial score (nSPS) is 12.8. The average Bonchev–Trinajstić information content (AvgIpc) is 2.44. The van der Waals surface area contributed by atoms with E-state index in [0.29, 0.717) is 24.4 Å². The van der Waals surface area contributed by atoms with Crippen LogP contribution in [0.1, 0.15) is 31.9 Å². The second kappa shape index (κ2) is 7.28. The van der Waals surface area contributed by atoms with Gasteiger partial charge in [0.15, 0.2) is 5.84 Å². The van der Waals surface area contributed by atoms with E-state index in [1.165, 1.54) is 7.11 Å². The maximum Gasteiger partial charge on any atom is 0.173 e. The minimum atomic E-state index is -0.753. The number of hydrogen-bond donors (Lipinski definition) is 3. The Kier molecular flexibility index (Phi) is 5.99. The summed E-state index contributed by atoms with van der Waals surface area (Å²) in [5.74, 6) is 0.568. The molecule has 1 aromatic carbocycles. The summed E-state index contributed by atoms with van der Waals surface area (Å²) in [6.45, 7) is 7.65. The number of hydrogen-bond acceptors (Lipinski definition) is 5. The highest BCUT2D eigenvalue weighted by molar-refractivity contribution is 5.99. The predicted molar refractivity (Wildman–Crippen MR) is 82.8 cm³/mol. The van der Waals surface area contributed by atoms with Crippen molar-refractivity contribution >= 4 is 5.84 Å². The molecule has 6 nitrogen and oxygen atoms in total. The van der Waals surface area contributed by atoms with E-state index in [1.807, 2.05) is 19.1 Å². The summed E-state index contributed by atoms with van der Waals surface area (Å²) in [6, 6.07) is 5.56. The first-order chi connectivity index (χ1) is 9.80. The van der Waals surface area contributed by atoms with E-state index in [-0.39, 0.29) is 5.84 Å². The van der Waals surface area contributed by atoms with Gasteiger partial charge in [-0.05, 0) is 38.1 Å². The van der Waals surface area contributed by atoms with Gasteiger partial charge >= 0.3 is 0 Å². The third-order valence-electron chi connectivity index (χ3n) is 3.11. The first-order valence-electron chi connectivity index (χ1n) is 6.90. The van der Waals surface area contributed by atoms with Gasteiger partial charge in [-0.1, -0.05) is 18.1 Å². The second-order valence-corrected chi connectivity index (χ2v) is 5.64. The van der Waals surface area contributed by atoms with Gasteiger partial charge in [0, 0.05) is 13.1 Å². The summed E-state index contributed by atoms with van der Waals surface area (Å²) in [5.41, 5.74) is 6.47. The molecule has 0 saturated carbocycles. The van der Waals surface area contributed by atoms with Crippen LogP contribution in [-0.4, -0.2) is 46.8 Å². The number of methoxy groups -OCH3 is 1. The predicted octanol–water partition coefficient (Wildman–Crippen LogP) is 1.38. The van der Waals surface area contributed by atoms with E-state index < -0.39 is 5.60 Å². The van der Waals surface area contributed by atoms with Crippen LogP contribution in [0.5, 0.6) is 5.75 Å². The Morgan fingerprint density at radius 1 is 1.43 bits per heavy atom. The second-order valence-electron chi connectivity index (χ2n) is 5.64. The SMILES string of the molecule is CCN(Cc1ccc(OC)c(C(N)=NO)c1)CC(C)(C)O. The van der Waals surface area contributed by atoms with Crippen LogP contribution in [0.3, 0.4) is 0 Å². The van der Waals surface area contributed by atoms with Crippen molar-refractivity contribution < 1.29 is 15.1 Å². The van der Waals surface area contributed by atoms with Crippen molar-refractivity contribution in [2.45, 2.75) is 32.9 Å². The highest BCUT2D eigenvalue weighted by Gasteiger charge is 2.18. The molecule has 0 atom stereocenters. The van der Waals surface area contributed by atoms with Crippen LogP contribution >= 0.6 is 0 Å². The summed E-state index contributed by atoms with van der Waals surface area (Å²) in [7, 11) is 1.54. The smallest absolute Gasteiger partial charge is 0.173 e. The Hall–Kier alpha value is -1.79. The Labute approximate surface area is 125 Å². The molecule has 4 N–H and O–H groups in total. The maximum atomic E-state index is 9.93.